The van der Waals surface area contributed by atoms with E-state index in [0.717, 1.165) is 12.0 Å². The number of hydrogen-bond acceptors (Lipinski definition) is 5. The molecule has 1 aromatic rings. The Morgan fingerprint density at radius 1 is 1.48 bits per heavy atom. The molecular formula is C18H22O5. The van der Waals surface area contributed by atoms with Gasteiger partial charge in [0.25, 0.3) is 0 Å². The summed E-state index contributed by atoms with van der Waals surface area (Å²) in [6.07, 6.45) is 2.21. The van der Waals surface area contributed by atoms with Gasteiger partial charge in [0.15, 0.2) is 11.5 Å². The molecule has 3 rings (SSSR count). The number of fused-ring (bicyclic) bond motifs is 3. The minimum absolute atomic E-state index is 0.0170. The Morgan fingerprint density at radius 3 is 2.91 bits per heavy atom. The molecule has 0 radical (unpaired) electrons. The molecule has 5 nitrogen and oxygen atoms in total. The lowest BCUT2D eigenvalue weighted by Gasteiger charge is -2.45. The predicted molar refractivity (Wildman–Crippen MR) is 84.6 cm³/mol. The van der Waals surface area contributed by atoms with Crippen molar-refractivity contribution in [2.75, 3.05) is 14.2 Å². The molecule has 0 bridgehead atoms. The van der Waals surface area contributed by atoms with Crippen LogP contribution in [0.25, 0.3) is 0 Å². The van der Waals surface area contributed by atoms with Crippen molar-refractivity contribution >= 4 is 5.97 Å². The second-order valence-electron chi connectivity index (χ2n) is 6.16. The minimum atomic E-state index is -0.670. The van der Waals surface area contributed by atoms with Crippen LogP contribution in [0, 0.1) is 5.92 Å². The molecule has 0 aromatic heterocycles. The molecule has 0 spiro atoms. The van der Waals surface area contributed by atoms with E-state index in [-0.39, 0.29) is 18.3 Å². The molecule has 23 heavy (non-hydrogen) atoms. The van der Waals surface area contributed by atoms with Crippen LogP contribution < -0.4 is 9.47 Å². The van der Waals surface area contributed by atoms with E-state index in [2.05, 4.69) is 6.58 Å². The van der Waals surface area contributed by atoms with Gasteiger partial charge in [-0.1, -0.05) is 18.2 Å². The van der Waals surface area contributed by atoms with Gasteiger partial charge in [0.1, 0.15) is 6.10 Å². The Morgan fingerprint density at radius 2 is 2.26 bits per heavy atom. The Balaban J connectivity index is 2.20. The number of carbonyl (C=O) groups excluding carboxylic acids is 1. The van der Waals surface area contributed by atoms with Crippen molar-refractivity contribution in [2.24, 2.45) is 5.92 Å². The molecule has 1 aromatic carbocycles. The van der Waals surface area contributed by atoms with Crippen LogP contribution in [0.15, 0.2) is 30.9 Å². The van der Waals surface area contributed by atoms with Gasteiger partial charge in [-0.25, -0.2) is 0 Å². The van der Waals surface area contributed by atoms with Crippen LogP contribution in [0.1, 0.15) is 24.8 Å². The molecule has 0 saturated heterocycles. The lowest BCUT2D eigenvalue weighted by Crippen LogP contribution is -2.55. The summed E-state index contributed by atoms with van der Waals surface area (Å²) in [6.45, 7) is 3.94. The van der Waals surface area contributed by atoms with Crippen molar-refractivity contribution in [3.8, 4) is 11.5 Å². The van der Waals surface area contributed by atoms with Gasteiger partial charge in [-0.3, -0.25) is 4.79 Å². The molecule has 4 atom stereocenters. The average Bonchev–Trinajstić information content (AvgIpc) is 2.91. The zero-order valence-electron chi connectivity index (χ0n) is 13.5. The Bertz CT molecular complexity index is 626. The number of esters is 1. The smallest absolute Gasteiger partial charge is 0.306 e. The van der Waals surface area contributed by atoms with Crippen molar-refractivity contribution in [2.45, 2.75) is 36.9 Å². The first kappa shape index (κ1) is 15.9. The van der Waals surface area contributed by atoms with Gasteiger partial charge in [-0.2, -0.15) is 0 Å². The van der Waals surface area contributed by atoms with Crippen LogP contribution in [0.4, 0.5) is 0 Å². The number of carbonyl (C=O) groups is 1. The van der Waals surface area contributed by atoms with Crippen LogP contribution >= 0.6 is 0 Å². The van der Waals surface area contributed by atoms with E-state index in [0.29, 0.717) is 17.9 Å². The lowest BCUT2D eigenvalue weighted by molar-refractivity contribution is -0.145. The van der Waals surface area contributed by atoms with E-state index in [4.69, 9.17) is 14.2 Å². The first-order valence-corrected chi connectivity index (χ1v) is 7.80. The molecule has 5 heteroatoms. The summed E-state index contributed by atoms with van der Waals surface area (Å²) in [6, 6.07) is 5.64. The summed E-state index contributed by atoms with van der Waals surface area (Å²) in [5.74, 6) is 0.909. The van der Waals surface area contributed by atoms with Gasteiger partial charge in [0.2, 0.25) is 0 Å². The molecule has 1 aliphatic heterocycles. The number of allylic oxidation sites excluding steroid dienone is 1. The Hall–Kier alpha value is -2.01. The van der Waals surface area contributed by atoms with Crippen LogP contribution in [0.2, 0.25) is 0 Å². The third-order valence-corrected chi connectivity index (χ3v) is 5.19. The number of aliphatic hydroxyl groups excluding tert-OH is 1. The second-order valence-corrected chi connectivity index (χ2v) is 6.16. The zero-order valence-corrected chi connectivity index (χ0v) is 13.5. The summed E-state index contributed by atoms with van der Waals surface area (Å²) in [7, 11) is 2.95. The third-order valence-electron chi connectivity index (χ3n) is 5.19. The topological polar surface area (TPSA) is 65.0 Å². The largest absolute Gasteiger partial charge is 0.493 e. The van der Waals surface area contributed by atoms with E-state index in [1.54, 1.807) is 7.11 Å². The molecule has 124 valence electrons. The molecule has 1 fully saturated rings. The van der Waals surface area contributed by atoms with E-state index in [1.165, 1.54) is 7.11 Å². The molecule has 1 saturated carbocycles. The number of rotatable bonds is 4. The van der Waals surface area contributed by atoms with E-state index >= 15 is 0 Å². The fourth-order valence-electron chi connectivity index (χ4n) is 4.11. The van der Waals surface area contributed by atoms with Crippen molar-refractivity contribution in [1.29, 1.82) is 0 Å². The molecule has 1 N–H and O–H groups in total. The first-order chi connectivity index (χ1) is 11.1. The van der Waals surface area contributed by atoms with Crippen LogP contribution in [-0.2, 0) is 14.9 Å². The van der Waals surface area contributed by atoms with Gasteiger partial charge in [0, 0.05) is 5.56 Å². The monoisotopic (exact) mass is 318 g/mol. The highest BCUT2D eigenvalue weighted by molar-refractivity contribution is 5.73. The first-order valence-electron chi connectivity index (χ1n) is 7.80. The van der Waals surface area contributed by atoms with Gasteiger partial charge >= 0.3 is 5.97 Å². The summed E-state index contributed by atoms with van der Waals surface area (Å²) in [5.41, 5.74) is 0.215. The number of hydrogen-bond donors (Lipinski definition) is 1. The van der Waals surface area contributed by atoms with Crippen molar-refractivity contribution < 1.29 is 24.1 Å². The Labute approximate surface area is 135 Å². The highest BCUT2D eigenvalue weighted by Crippen LogP contribution is 2.57. The van der Waals surface area contributed by atoms with Gasteiger partial charge in [-0.15, -0.1) is 6.58 Å². The SMILES string of the molecule is C=C[C@@H]1CC[C@@H](O)[C@@H]2Oc3c(OC)cccc3[C@]12CC(=O)OC. The minimum Gasteiger partial charge on any atom is -0.493 e. The maximum absolute atomic E-state index is 12.1. The van der Waals surface area contributed by atoms with Gasteiger partial charge in [-0.05, 0) is 24.8 Å². The highest BCUT2D eigenvalue weighted by Gasteiger charge is 2.59. The number of methoxy groups -OCH3 is 2. The maximum atomic E-state index is 12.1. The van der Waals surface area contributed by atoms with Crippen LogP contribution in [-0.4, -0.2) is 37.5 Å². The summed E-state index contributed by atoms with van der Waals surface area (Å²) >= 11 is 0. The normalized spacial score (nSPS) is 31.5. The van der Waals surface area contributed by atoms with Crippen molar-refractivity contribution in [3.63, 3.8) is 0 Å². The summed E-state index contributed by atoms with van der Waals surface area (Å²) < 4.78 is 16.4. The highest BCUT2D eigenvalue weighted by atomic mass is 16.5. The number of aliphatic hydroxyl groups is 1. The van der Waals surface area contributed by atoms with Gasteiger partial charge in [0.05, 0.1) is 32.2 Å². The molecule has 1 heterocycles. The van der Waals surface area contributed by atoms with Gasteiger partial charge < -0.3 is 19.3 Å². The predicted octanol–water partition coefficient (Wildman–Crippen LogP) is 2.21. The average molecular weight is 318 g/mol. The van der Waals surface area contributed by atoms with Crippen LogP contribution in [0.3, 0.4) is 0 Å². The maximum Gasteiger partial charge on any atom is 0.306 e. The number of benzene rings is 1. The third kappa shape index (κ3) is 2.22. The molecule has 0 unspecified atom stereocenters. The fourth-order valence-corrected chi connectivity index (χ4v) is 4.11. The van der Waals surface area contributed by atoms with E-state index in [9.17, 15) is 9.90 Å². The lowest BCUT2D eigenvalue weighted by atomic mass is 9.59. The van der Waals surface area contributed by atoms with E-state index in [1.807, 2.05) is 24.3 Å². The molecule has 0 amide bonds. The molecule has 1 aliphatic carbocycles. The number of para-hydroxylation sites is 1. The van der Waals surface area contributed by atoms with Crippen molar-refractivity contribution in [1.82, 2.24) is 0 Å². The van der Waals surface area contributed by atoms with Crippen molar-refractivity contribution in [3.05, 3.63) is 36.4 Å². The summed E-state index contributed by atoms with van der Waals surface area (Å²) in [5, 5.41) is 10.5. The van der Waals surface area contributed by atoms with E-state index < -0.39 is 17.6 Å². The zero-order chi connectivity index (χ0) is 16.6. The molecule has 2 aliphatic rings. The second kappa shape index (κ2) is 5.89. The Kier molecular flexibility index (Phi) is 4.06. The van der Waals surface area contributed by atoms with Crippen LogP contribution in [0.5, 0.6) is 11.5 Å². The molecular weight excluding hydrogens is 296 g/mol. The quantitative estimate of drug-likeness (QED) is 0.681. The summed E-state index contributed by atoms with van der Waals surface area (Å²) in [4.78, 5) is 12.1. The standard InChI is InChI=1S/C18H22O5/c1-4-11-8-9-13(19)17-18(11,10-15(20)22-3)12-6-5-7-14(21-2)16(12)23-17/h4-7,11,13,17,19H,1,8-10H2,2-3H3/t11-,13-,17+,18+/m1/s1. The fraction of sp³-hybridized carbons (Fsp3) is 0.500. The number of ether oxygens (including phenoxy) is 3.